The summed E-state index contributed by atoms with van der Waals surface area (Å²) in [6.07, 6.45) is 1.86. The van der Waals surface area contributed by atoms with Crippen LogP contribution in [0, 0.1) is 5.92 Å². The van der Waals surface area contributed by atoms with E-state index >= 15 is 0 Å². The van der Waals surface area contributed by atoms with Crippen LogP contribution in [0.3, 0.4) is 0 Å². The first kappa shape index (κ1) is 26.0. The first-order valence-corrected chi connectivity index (χ1v) is 11.5. The van der Waals surface area contributed by atoms with Gasteiger partial charge in [0.1, 0.15) is 12.4 Å². The predicted molar refractivity (Wildman–Crippen MR) is 129 cm³/mol. The van der Waals surface area contributed by atoms with E-state index in [4.69, 9.17) is 16.3 Å². The monoisotopic (exact) mass is 501 g/mol. The Kier molecular flexibility index (Phi) is 9.02. The van der Waals surface area contributed by atoms with Crippen molar-refractivity contribution in [2.45, 2.75) is 38.0 Å². The maximum Gasteiger partial charge on any atom is 0.407 e. The summed E-state index contributed by atoms with van der Waals surface area (Å²) in [6, 6.07) is 11.0. The fourth-order valence-corrected chi connectivity index (χ4v) is 3.98. The number of carbonyl (C=O) groups excluding carboxylic acids is 4. The normalized spacial score (nSPS) is 19.2. The molecule has 3 atom stereocenters. The van der Waals surface area contributed by atoms with Crippen molar-refractivity contribution in [3.05, 3.63) is 59.2 Å². The van der Waals surface area contributed by atoms with Crippen LogP contribution < -0.4 is 16.0 Å². The highest BCUT2D eigenvalue weighted by Gasteiger charge is 2.37. The van der Waals surface area contributed by atoms with Gasteiger partial charge >= 0.3 is 17.9 Å². The summed E-state index contributed by atoms with van der Waals surface area (Å²) in [6.45, 7) is 0.0764. The van der Waals surface area contributed by atoms with Gasteiger partial charge in [-0.3, -0.25) is 14.4 Å². The van der Waals surface area contributed by atoms with Crippen molar-refractivity contribution in [3.8, 4) is 0 Å². The SMILES string of the molecule is CN(C)C(=O)[C@H]1CC[C@H](NC(=O)C(=O)Nc2ccc(Cl)cn2)[C@H](NC(=O)OCc2ccccc2)C1. The highest BCUT2D eigenvalue weighted by Crippen LogP contribution is 2.26. The summed E-state index contributed by atoms with van der Waals surface area (Å²) in [5.74, 6) is -2.00. The fourth-order valence-electron chi connectivity index (χ4n) is 3.87. The van der Waals surface area contributed by atoms with Crippen molar-refractivity contribution in [2.75, 3.05) is 19.4 Å². The van der Waals surface area contributed by atoms with Gasteiger partial charge in [0.05, 0.1) is 11.1 Å². The van der Waals surface area contributed by atoms with Crippen LogP contribution in [-0.4, -0.2) is 59.9 Å². The third-order valence-electron chi connectivity index (χ3n) is 5.65. The number of alkyl carbamates (subject to hydrolysis) is 1. The van der Waals surface area contributed by atoms with Gasteiger partial charge in [-0.1, -0.05) is 41.9 Å². The molecule has 3 rings (SSSR count). The highest BCUT2D eigenvalue weighted by molar-refractivity contribution is 6.39. The van der Waals surface area contributed by atoms with E-state index in [0.29, 0.717) is 24.3 Å². The number of rotatable bonds is 6. The van der Waals surface area contributed by atoms with Gasteiger partial charge in [0.25, 0.3) is 0 Å². The van der Waals surface area contributed by atoms with Gasteiger partial charge in [0, 0.05) is 32.3 Å². The van der Waals surface area contributed by atoms with Crippen LogP contribution in [0.4, 0.5) is 10.6 Å². The van der Waals surface area contributed by atoms with E-state index < -0.39 is 30.0 Å². The van der Waals surface area contributed by atoms with Crippen LogP contribution in [0.25, 0.3) is 0 Å². The Morgan fingerprint density at radius 2 is 1.74 bits per heavy atom. The highest BCUT2D eigenvalue weighted by atomic mass is 35.5. The van der Waals surface area contributed by atoms with Crippen molar-refractivity contribution in [2.24, 2.45) is 5.92 Å². The molecule has 1 aliphatic carbocycles. The Bertz CT molecular complexity index is 1050. The number of carbonyl (C=O) groups is 4. The topological polar surface area (TPSA) is 130 Å². The molecule has 4 amide bonds. The first-order chi connectivity index (χ1) is 16.7. The van der Waals surface area contributed by atoms with Gasteiger partial charge in [0.2, 0.25) is 5.91 Å². The van der Waals surface area contributed by atoms with Gasteiger partial charge in [-0.15, -0.1) is 0 Å². The zero-order valence-corrected chi connectivity index (χ0v) is 20.2. The molecule has 1 aliphatic rings. The number of nitrogens with zero attached hydrogens (tertiary/aromatic N) is 2. The van der Waals surface area contributed by atoms with Gasteiger partial charge in [-0.05, 0) is 37.0 Å². The lowest BCUT2D eigenvalue weighted by Crippen LogP contribution is -2.57. The van der Waals surface area contributed by atoms with Gasteiger partial charge in [-0.25, -0.2) is 9.78 Å². The maximum atomic E-state index is 12.6. The number of hydrogen-bond donors (Lipinski definition) is 3. The molecule has 0 saturated heterocycles. The van der Waals surface area contributed by atoms with Crippen LogP contribution >= 0.6 is 11.6 Å². The second-order valence-electron chi connectivity index (χ2n) is 8.45. The van der Waals surface area contributed by atoms with E-state index in [9.17, 15) is 19.2 Å². The van der Waals surface area contributed by atoms with Crippen molar-refractivity contribution in [1.29, 1.82) is 0 Å². The standard InChI is InChI=1S/C24H28ClN5O5/c1-30(2)23(33)16-8-10-18(27-21(31)22(32)29-20-11-9-17(25)13-26-20)19(12-16)28-24(34)35-14-15-6-4-3-5-7-15/h3-7,9,11,13,16,18-19H,8,10,12,14H2,1-2H3,(H,27,31)(H,28,34)(H,26,29,32)/t16-,18-,19+/m0/s1. The number of ether oxygens (including phenoxy) is 1. The number of halogens is 1. The van der Waals surface area contributed by atoms with E-state index in [1.807, 2.05) is 30.3 Å². The molecule has 35 heavy (non-hydrogen) atoms. The molecule has 1 aromatic carbocycles. The third kappa shape index (κ3) is 7.68. The van der Waals surface area contributed by atoms with E-state index in [1.54, 1.807) is 14.1 Å². The molecular weight excluding hydrogens is 474 g/mol. The Morgan fingerprint density at radius 3 is 2.40 bits per heavy atom. The maximum absolute atomic E-state index is 12.6. The van der Waals surface area contributed by atoms with Crippen molar-refractivity contribution >= 4 is 41.2 Å². The van der Waals surface area contributed by atoms with Gasteiger partial charge in [-0.2, -0.15) is 0 Å². The summed E-state index contributed by atoms with van der Waals surface area (Å²) in [4.78, 5) is 55.3. The molecule has 1 saturated carbocycles. The third-order valence-corrected chi connectivity index (χ3v) is 5.87. The Balaban J connectivity index is 1.63. The molecule has 0 aliphatic heterocycles. The van der Waals surface area contributed by atoms with E-state index in [0.717, 1.165) is 5.56 Å². The number of aromatic nitrogens is 1. The first-order valence-electron chi connectivity index (χ1n) is 11.1. The largest absolute Gasteiger partial charge is 0.445 e. The number of nitrogens with one attached hydrogen (secondary N) is 3. The van der Waals surface area contributed by atoms with Crippen LogP contribution in [0.1, 0.15) is 24.8 Å². The molecule has 1 fully saturated rings. The minimum Gasteiger partial charge on any atom is -0.445 e. The van der Waals surface area contributed by atoms with Crippen LogP contribution in [-0.2, 0) is 25.7 Å². The fraction of sp³-hybridized carbons (Fsp3) is 0.375. The van der Waals surface area contributed by atoms with Crippen LogP contribution in [0.5, 0.6) is 0 Å². The summed E-state index contributed by atoms with van der Waals surface area (Å²) < 4.78 is 5.31. The molecule has 0 unspecified atom stereocenters. The second-order valence-corrected chi connectivity index (χ2v) is 8.89. The smallest absolute Gasteiger partial charge is 0.407 e. The molecular formula is C24H28ClN5O5. The minimum atomic E-state index is -0.906. The molecule has 2 aromatic rings. The Morgan fingerprint density at radius 1 is 1.00 bits per heavy atom. The number of anilines is 1. The van der Waals surface area contributed by atoms with E-state index in [-0.39, 0.29) is 24.2 Å². The summed E-state index contributed by atoms with van der Waals surface area (Å²) in [7, 11) is 3.34. The molecule has 0 bridgehead atoms. The molecule has 3 N–H and O–H groups in total. The molecule has 1 aromatic heterocycles. The minimum absolute atomic E-state index is 0.0641. The number of amides is 4. The lowest BCUT2D eigenvalue weighted by atomic mass is 9.81. The van der Waals surface area contributed by atoms with Crippen LogP contribution in [0.15, 0.2) is 48.7 Å². The Hall–Kier alpha value is -3.66. The zero-order chi connectivity index (χ0) is 25.4. The summed E-state index contributed by atoms with van der Waals surface area (Å²) >= 11 is 5.78. The van der Waals surface area contributed by atoms with Gasteiger partial charge in [0.15, 0.2) is 0 Å². The molecule has 0 radical (unpaired) electrons. The average molecular weight is 502 g/mol. The van der Waals surface area contributed by atoms with Crippen molar-refractivity contribution < 1.29 is 23.9 Å². The second kappa shape index (κ2) is 12.2. The molecule has 11 heteroatoms. The number of benzene rings is 1. The lowest BCUT2D eigenvalue weighted by molar-refractivity contribution is -0.137. The quantitative estimate of drug-likeness (QED) is 0.521. The zero-order valence-electron chi connectivity index (χ0n) is 19.5. The van der Waals surface area contributed by atoms with Crippen LogP contribution in [0.2, 0.25) is 5.02 Å². The molecule has 10 nitrogen and oxygen atoms in total. The lowest BCUT2D eigenvalue weighted by Gasteiger charge is -2.36. The Labute approximate surface area is 208 Å². The summed E-state index contributed by atoms with van der Waals surface area (Å²) in [5, 5.41) is 8.22. The summed E-state index contributed by atoms with van der Waals surface area (Å²) in [5.41, 5.74) is 0.823. The average Bonchev–Trinajstić information content (AvgIpc) is 2.85. The molecule has 1 heterocycles. The van der Waals surface area contributed by atoms with Gasteiger partial charge < -0.3 is 25.6 Å². The molecule has 186 valence electrons. The van der Waals surface area contributed by atoms with Crippen molar-refractivity contribution in [3.63, 3.8) is 0 Å². The predicted octanol–water partition coefficient (Wildman–Crippen LogP) is 2.34. The number of hydrogen-bond acceptors (Lipinski definition) is 6. The van der Waals surface area contributed by atoms with Crippen molar-refractivity contribution in [1.82, 2.24) is 20.5 Å². The van der Waals surface area contributed by atoms with E-state index in [1.165, 1.54) is 23.2 Å². The number of pyridine rings is 1. The van der Waals surface area contributed by atoms with E-state index in [2.05, 4.69) is 20.9 Å². The molecule has 0 spiro atoms.